The Kier molecular flexibility index (Phi) is 2.47. The standard InChI is InChI=1S/C14H15F/c1-9(2)14-10(3)7-8-11-12(14)5-4-6-13(11)15/h4-9H,1-3H3. The van der Waals surface area contributed by atoms with Gasteiger partial charge >= 0.3 is 0 Å². The molecule has 78 valence electrons. The first kappa shape index (κ1) is 10.2. The van der Waals surface area contributed by atoms with Crippen LogP contribution in [0.1, 0.15) is 30.9 Å². The summed E-state index contributed by atoms with van der Waals surface area (Å²) in [5.74, 6) is 0.296. The molecule has 0 nitrogen and oxygen atoms in total. The van der Waals surface area contributed by atoms with E-state index in [-0.39, 0.29) is 5.82 Å². The number of rotatable bonds is 1. The van der Waals surface area contributed by atoms with Crippen LogP contribution in [0.25, 0.3) is 10.8 Å². The third-order valence-corrected chi connectivity index (χ3v) is 2.85. The molecule has 0 aliphatic carbocycles. The lowest BCUT2D eigenvalue weighted by atomic mass is 9.92. The van der Waals surface area contributed by atoms with Gasteiger partial charge in [0.2, 0.25) is 0 Å². The van der Waals surface area contributed by atoms with Crippen LogP contribution >= 0.6 is 0 Å². The van der Waals surface area contributed by atoms with Crippen molar-refractivity contribution in [1.82, 2.24) is 0 Å². The van der Waals surface area contributed by atoms with Gasteiger partial charge in [-0.1, -0.05) is 38.1 Å². The SMILES string of the molecule is Cc1ccc2c(F)cccc2c1C(C)C. The normalized spacial score (nSPS) is 11.3. The van der Waals surface area contributed by atoms with Gasteiger partial charge in [0.05, 0.1) is 0 Å². The third-order valence-electron chi connectivity index (χ3n) is 2.85. The summed E-state index contributed by atoms with van der Waals surface area (Å²) >= 11 is 0. The van der Waals surface area contributed by atoms with E-state index in [0.29, 0.717) is 5.92 Å². The third kappa shape index (κ3) is 1.63. The maximum Gasteiger partial charge on any atom is 0.131 e. The van der Waals surface area contributed by atoms with Crippen molar-refractivity contribution >= 4 is 10.8 Å². The van der Waals surface area contributed by atoms with Crippen molar-refractivity contribution in [2.75, 3.05) is 0 Å². The molecule has 1 heteroatoms. The van der Waals surface area contributed by atoms with E-state index in [0.717, 1.165) is 10.8 Å². The largest absolute Gasteiger partial charge is 0.206 e. The predicted molar refractivity (Wildman–Crippen MR) is 62.7 cm³/mol. The molecule has 0 unspecified atom stereocenters. The molecule has 2 aromatic rings. The highest BCUT2D eigenvalue weighted by molar-refractivity contribution is 5.87. The van der Waals surface area contributed by atoms with Crippen LogP contribution in [0.4, 0.5) is 4.39 Å². The number of benzene rings is 2. The number of aryl methyl sites for hydroxylation is 1. The Bertz CT molecular complexity index is 498. The maximum absolute atomic E-state index is 13.6. The molecule has 0 fully saturated rings. The van der Waals surface area contributed by atoms with Gasteiger partial charge in [0.15, 0.2) is 0 Å². The topological polar surface area (TPSA) is 0 Å². The van der Waals surface area contributed by atoms with Gasteiger partial charge in [-0.3, -0.25) is 0 Å². The smallest absolute Gasteiger partial charge is 0.131 e. The minimum atomic E-state index is -0.130. The number of fused-ring (bicyclic) bond motifs is 1. The van der Waals surface area contributed by atoms with Crippen molar-refractivity contribution in [2.24, 2.45) is 0 Å². The molecule has 0 aliphatic rings. The van der Waals surface area contributed by atoms with Gasteiger partial charge in [0, 0.05) is 5.39 Å². The van der Waals surface area contributed by atoms with E-state index in [9.17, 15) is 4.39 Å². The van der Waals surface area contributed by atoms with Crippen molar-refractivity contribution in [1.29, 1.82) is 0 Å². The Balaban J connectivity index is 2.88. The van der Waals surface area contributed by atoms with Crippen LogP contribution in [0.3, 0.4) is 0 Å². The number of hydrogen-bond acceptors (Lipinski definition) is 0. The van der Waals surface area contributed by atoms with E-state index in [1.807, 2.05) is 18.2 Å². The highest BCUT2D eigenvalue weighted by Crippen LogP contribution is 2.29. The monoisotopic (exact) mass is 202 g/mol. The van der Waals surface area contributed by atoms with Crippen molar-refractivity contribution < 1.29 is 4.39 Å². The lowest BCUT2D eigenvalue weighted by Crippen LogP contribution is -1.94. The summed E-state index contributed by atoms with van der Waals surface area (Å²) in [6.45, 7) is 6.37. The summed E-state index contributed by atoms with van der Waals surface area (Å²) in [7, 11) is 0. The molecule has 0 saturated carbocycles. The summed E-state index contributed by atoms with van der Waals surface area (Å²) in [5, 5.41) is 1.77. The molecule has 2 rings (SSSR count). The van der Waals surface area contributed by atoms with Gasteiger partial charge in [0.25, 0.3) is 0 Å². The quantitative estimate of drug-likeness (QED) is 0.642. The summed E-state index contributed by atoms with van der Waals surface area (Å²) < 4.78 is 13.6. The molecular weight excluding hydrogens is 187 g/mol. The summed E-state index contributed by atoms with van der Waals surface area (Å²) in [6, 6.07) is 9.16. The average Bonchev–Trinajstić information content (AvgIpc) is 2.17. The lowest BCUT2D eigenvalue weighted by molar-refractivity contribution is 0.639. The molecule has 15 heavy (non-hydrogen) atoms. The van der Waals surface area contributed by atoms with Crippen molar-refractivity contribution in [3.8, 4) is 0 Å². The average molecular weight is 202 g/mol. The van der Waals surface area contributed by atoms with Crippen molar-refractivity contribution in [2.45, 2.75) is 26.7 Å². The van der Waals surface area contributed by atoms with E-state index >= 15 is 0 Å². The van der Waals surface area contributed by atoms with Crippen LogP contribution in [0.2, 0.25) is 0 Å². The van der Waals surface area contributed by atoms with Gasteiger partial charge in [0.1, 0.15) is 5.82 Å². The first-order chi connectivity index (χ1) is 7.11. The van der Waals surface area contributed by atoms with Gasteiger partial charge in [-0.05, 0) is 35.4 Å². The van der Waals surface area contributed by atoms with Gasteiger partial charge < -0.3 is 0 Å². The fourth-order valence-corrected chi connectivity index (χ4v) is 2.22. The maximum atomic E-state index is 13.6. The van der Waals surface area contributed by atoms with E-state index in [2.05, 4.69) is 20.8 Å². The van der Waals surface area contributed by atoms with E-state index in [4.69, 9.17) is 0 Å². The Hall–Kier alpha value is -1.37. The zero-order valence-corrected chi connectivity index (χ0v) is 9.34. The Labute approximate surface area is 89.7 Å². The van der Waals surface area contributed by atoms with Crippen LogP contribution in [-0.4, -0.2) is 0 Å². The van der Waals surface area contributed by atoms with Crippen LogP contribution in [0.15, 0.2) is 30.3 Å². The molecule has 0 aromatic heterocycles. The second kappa shape index (κ2) is 3.65. The Morgan fingerprint density at radius 1 is 1.00 bits per heavy atom. The molecule has 0 saturated heterocycles. The highest BCUT2D eigenvalue weighted by atomic mass is 19.1. The molecular formula is C14H15F. The van der Waals surface area contributed by atoms with E-state index in [1.165, 1.54) is 17.2 Å². The molecule has 0 bridgehead atoms. The molecule has 0 amide bonds. The molecule has 0 spiro atoms. The van der Waals surface area contributed by atoms with Crippen molar-refractivity contribution in [3.63, 3.8) is 0 Å². The highest BCUT2D eigenvalue weighted by Gasteiger charge is 2.10. The summed E-state index contributed by atoms with van der Waals surface area (Å²) in [5.41, 5.74) is 2.50. The van der Waals surface area contributed by atoms with Gasteiger partial charge in [-0.2, -0.15) is 0 Å². The lowest BCUT2D eigenvalue weighted by Gasteiger charge is -2.13. The van der Waals surface area contributed by atoms with E-state index < -0.39 is 0 Å². The molecule has 0 aliphatic heterocycles. The number of halogens is 1. The summed E-state index contributed by atoms with van der Waals surface area (Å²) in [6.07, 6.45) is 0. The fourth-order valence-electron chi connectivity index (χ4n) is 2.22. The van der Waals surface area contributed by atoms with Crippen LogP contribution in [0, 0.1) is 12.7 Å². The first-order valence-electron chi connectivity index (χ1n) is 5.29. The second-order valence-electron chi connectivity index (χ2n) is 4.29. The number of hydrogen-bond donors (Lipinski definition) is 0. The molecule has 2 aromatic carbocycles. The minimum Gasteiger partial charge on any atom is -0.206 e. The van der Waals surface area contributed by atoms with Crippen LogP contribution in [-0.2, 0) is 0 Å². The minimum absolute atomic E-state index is 0.130. The fraction of sp³-hybridized carbons (Fsp3) is 0.286. The van der Waals surface area contributed by atoms with Crippen molar-refractivity contribution in [3.05, 3.63) is 47.3 Å². The van der Waals surface area contributed by atoms with Gasteiger partial charge in [-0.15, -0.1) is 0 Å². The second-order valence-corrected chi connectivity index (χ2v) is 4.29. The van der Waals surface area contributed by atoms with Gasteiger partial charge in [-0.25, -0.2) is 4.39 Å². The summed E-state index contributed by atoms with van der Waals surface area (Å²) in [4.78, 5) is 0. The van der Waals surface area contributed by atoms with Crippen LogP contribution in [0.5, 0.6) is 0 Å². The molecule has 0 radical (unpaired) electrons. The van der Waals surface area contributed by atoms with Crippen LogP contribution < -0.4 is 0 Å². The predicted octanol–water partition coefficient (Wildman–Crippen LogP) is 4.41. The van der Waals surface area contributed by atoms with E-state index in [1.54, 1.807) is 6.07 Å². The zero-order valence-electron chi connectivity index (χ0n) is 9.34. The molecule has 0 atom stereocenters. The molecule has 0 N–H and O–H groups in total. The molecule has 0 heterocycles. The Morgan fingerprint density at radius 2 is 1.73 bits per heavy atom. The zero-order chi connectivity index (χ0) is 11.0. The Morgan fingerprint density at radius 3 is 2.40 bits per heavy atom. The first-order valence-corrected chi connectivity index (χ1v) is 5.29.